The molecule has 0 bridgehead atoms. The monoisotopic (exact) mass is 225 g/mol. The van der Waals surface area contributed by atoms with Crippen LogP contribution in [0.1, 0.15) is 18.0 Å². The molecule has 0 unspecified atom stereocenters. The van der Waals surface area contributed by atoms with E-state index in [1.54, 1.807) is 18.0 Å². The minimum Gasteiger partial charge on any atom is -0.383 e. The van der Waals surface area contributed by atoms with Crippen LogP contribution in [-0.4, -0.2) is 29.1 Å². The van der Waals surface area contributed by atoms with Gasteiger partial charge in [0, 0.05) is 18.5 Å². The van der Waals surface area contributed by atoms with E-state index in [4.69, 9.17) is 11.6 Å². The van der Waals surface area contributed by atoms with E-state index >= 15 is 0 Å². The molecule has 0 spiro atoms. The molecule has 15 heavy (non-hydrogen) atoms. The van der Waals surface area contributed by atoms with Gasteiger partial charge in [0.2, 0.25) is 0 Å². The van der Waals surface area contributed by atoms with Gasteiger partial charge < -0.3 is 10.0 Å². The summed E-state index contributed by atoms with van der Waals surface area (Å²) in [4.78, 5) is 13.0. The highest BCUT2D eigenvalue weighted by Gasteiger charge is 2.36. The maximum Gasteiger partial charge on any atom is 0.251 e. The summed E-state index contributed by atoms with van der Waals surface area (Å²) in [5.74, 6) is -0.222. The zero-order chi connectivity index (χ0) is 11.0. The van der Waals surface area contributed by atoms with Gasteiger partial charge in [-0.3, -0.25) is 4.79 Å². The number of halogens is 1. The summed E-state index contributed by atoms with van der Waals surface area (Å²) >= 11 is 5.88. The maximum absolute atomic E-state index is 11.4. The number of nitrogens with zero attached hydrogens (tertiary/aromatic N) is 1. The fraction of sp³-hybridized carbons (Fsp3) is 0.364. The highest BCUT2D eigenvalue weighted by Crippen LogP contribution is 2.32. The van der Waals surface area contributed by atoms with Crippen molar-refractivity contribution in [3.63, 3.8) is 0 Å². The predicted octanol–water partition coefficient (Wildman–Crippen LogP) is 1.60. The summed E-state index contributed by atoms with van der Waals surface area (Å²) < 4.78 is 0. The number of hydrogen-bond acceptors (Lipinski definition) is 2. The standard InChI is InChI=1S/C11H12ClNO2/c1-13-9(6-10(14)11(13)15)7-3-2-4-8(12)5-7/h2-5,9-10,14H,6H2,1H3/t9-,10+/m1/s1. The number of carbonyl (C=O) groups is 1. The van der Waals surface area contributed by atoms with Gasteiger partial charge in [0.1, 0.15) is 6.10 Å². The van der Waals surface area contributed by atoms with E-state index < -0.39 is 6.10 Å². The van der Waals surface area contributed by atoms with Gasteiger partial charge in [-0.1, -0.05) is 23.7 Å². The Morgan fingerprint density at radius 1 is 1.53 bits per heavy atom. The molecular formula is C11H12ClNO2. The number of likely N-dealkylation sites (tertiary alicyclic amines) is 1. The quantitative estimate of drug-likeness (QED) is 0.789. The van der Waals surface area contributed by atoms with Crippen LogP contribution in [0, 0.1) is 0 Å². The molecular weight excluding hydrogens is 214 g/mol. The molecule has 3 nitrogen and oxygen atoms in total. The van der Waals surface area contributed by atoms with Crippen LogP contribution in [0.5, 0.6) is 0 Å². The maximum atomic E-state index is 11.4. The van der Waals surface area contributed by atoms with Gasteiger partial charge in [0.25, 0.3) is 5.91 Å². The number of carbonyl (C=O) groups excluding carboxylic acids is 1. The summed E-state index contributed by atoms with van der Waals surface area (Å²) in [7, 11) is 1.70. The van der Waals surface area contributed by atoms with Gasteiger partial charge in [-0.15, -0.1) is 0 Å². The van der Waals surface area contributed by atoms with Crippen LogP contribution < -0.4 is 0 Å². The molecule has 1 saturated heterocycles. The average molecular weight is 226 g/mol. The fourth-order valence-electron chi connectivity index (χ4n) is 1.93. The largest absolute Gasteiger partial charge is 0.383 e. The third-order valence-electron chi connectivity index (χ3n) is 2.78. The average Bonchev–Trinajstić information content (AvgIpc) is 2.46. The Bertz CT molecular complexity index is 394. The zero-order valence-electron chi connectivity index (χ0n) is 8.35. The zero-order valence-corrected chi connectivity index (χ0v) is 9.11. The van der Waals surface area contributed by atoms with E-state index in [-0.39, 0.29) is 11.9 Å². The van der Waals surface area contributed by atoms with Crippen molar-refractivity contribution in [2.45, 2.75) is 18.6 Å². The lowest BCUT2D eigenvalue weighted by molar-refractivity contribution is -0.134. The normalized spacial score (nSPS) is 26.1. The SMILES string of the molecule is CN1C(=O)[C@@H](O)C[C@@H]1c1cccc(Cl)c1. The molecule has 1 aliphatic heterocycles. The molecule has 1 fully saturated rings. The molecule has 1 aromatic rings. The van der Waals surface area contributed by atoms with Crippen LogP contribution >= 0.6 is 11.6 Å². The smallest absolute Gasteiger partial charge is 0.251 e. The van der Waals surface area contributed by atoms with Crippen molar-refractivity contribution in [3.05, 3.63) is 34.9 Å². The van der Waals surface area contributed by atoms with E-state index in [2.05, 4.69) is 0 Å². The number of likely N-dealkylation sites (N-methyl/N-ethyl adjacent to an activating group) is 1. The second kappa shape index (κ2) is 3.83. The third-order valence-corrected chi connectivity index (χ3v) is 3.02. The highest BCUT2D eigenvalue weighted by molar-refractivity contribution is 6.30. The van der Waals surface area contributed by atoms with Gasteiger partial charge >= 0.3 is 0 Å². The van der Waals surface area contributed by atoms with E-state index in [0.29, 0.717) is 11.4 Å². The predicted molar refractivity (Wildman–Crippen MR) is 57.6 cm³/mol. The minimum absolute atomic E-state index is 0.0637. The molecule has 2 rings (SSSR count). The van der Waals surface area contributed by atoms with Crippen molar-refractivity contribution in [1.29, 1.82) is 0 Å². The van der Waals surface area contributed by atoms with E-state index in [1.165, 1.54) is 0 Å². The third kappa shape index (κ3) is 1.85. The van der Waals surface area contributed by atoms with Crippen molar-refractivity contribution in [2.24, 2.45) is 0 Å². The Kier molecular flexibility index (Phi) is 2.67. The van der Waals surface area contributed by atoms with Crippen molar-refractivity contribution in [1.82, 2.24) is 4.90 Å². The molecule has 0 aromatic heterocycles. The highest BCUT2D eigenvalue weighted by atomic mass is 35.5. The van der Waals surface area contributed by atoms with Gasteiger partial charge in [-0.2, -0.15) is 0 Å². The van der Waals surface area contributed by atoms with E-state index in [1.807, 2.05) is 18.2 Å². The van der Waals surface area contributed by atoms with Gasteiger partial charge in [0.15, 0.2) is 0 Å². The number of hydrogen-bond donors (Lipinski definition) is 1. The molecule has 1 N–H and O–H groups in total. The van der Waals surface area contributed by atoms with Crippen LogP contribution in [0.3, 0.4) is 0 Å². The molecule has 2 atom stereocenters. The molecule has 4 heteroatoms. The first-order chi connectivity index (χ1) is 7.09. The molecule has 0 saturated carbocycles. The van der Waals surface area contributed by atoms with Crippen LogP contribution in [0.2, 0.25) is 5.02 Å². The molecule has 80 valence electrons. The Balaban J connectivity index is 2.29. The van der Waals surface area contributed by atoms with Crippen LogP contribution in [0.15, 0.2) is 24.3 Å². The molecule has 1 aromatic carbocycles. The first-order valence-electron chi connectivity index (χ1n) is 4.80. The Morgan fingerprint density at radius 3 is 2.80 bits per heavy atom. The Labute approximate surface area is 93.3 Å². The molecule has 1 aliphatic rings. The van der Waals surface area contributed by atoms with Crippen LogP contribution in [0.25, 0.3) is 0 Å². The molecule has 0 radical (unpaired) electrons. The number of amides is 1. The summed E-state index contributed by atoms with van der Waals surface area (Å²) in [5, 5.41) is 10.1. The van der Waals surface area contributed by atoms with Gasteiger partial charge in [-0.05, 0) is 17.7 Å². The van der Waals surface area contributed by atoms with Crippen LogP contribution in [0.4, 0.5) is 0 Å². The van der Waals surface area contributed by atoms with Crippen molar-refractivity contribution >= 4 is 17.5 Å². The summed E-state index contributed by atoms with van der Waals surface area (Å²) in [6, 6.07) is 7.32. The number of aliphatic hydroxyl groups excluding tert-OH is 1. The fourth-order valence-corrected chi connectivity index (χ4v) is 2.13. The topological polar surface area (TPSA) is 40.5 Å². The van der Waals surface area contributed by atoms with E-state index in [9.17, 15) is 9.90 Å². The van der Waals surface area contributed by atoms with Gasteiger partial charge in [-0.25, -0.2) is 0 Å². The van der Waals surface area contributed by atoms with Crippen molar-refractivity contribution in [2.75, 3.05) is 7.05 Å². The first kappa shape index (κ1) is 10.5. The lowest BCUT2D eigenvalue weighted by Crippen LogP contribution is -2.26. The lowest BCUT2D eigenvalue weighted by atomic mass is 10.0. The van der Waals surface area contributed by atoms with Crippen molar-refractivity contribution < 1.29 is 9.90 Å². The van der Waals surface area contributed by atoms with Crippen molar-refractivity contribution in [3.8, 4) is 0 Å². The Hall–Kier alpha value is -1.06. The van der Waals surface area contributed by atoms with Gasteiger partial charge in [0.05, 0.1) is 6.04 Å². The lowest BCUT2D eigenvalue weighted by Gasteiger charge is -2.19. The minimum atomic E-state index is -0.876. The van der Waals surface area contributed by atoms with Crippen LogP contribution in [-0.2, 0) is 4.79 Å². The molecule has 1 amide bonds. The second-order valence-electron chi connectivity index (χ2n) is 3.77. The summed E-state index contributed by atoms with van der Waals surface area (Å²) in [5.41, 5.74) is 0.968. The molecule has 1 heterocycles. The molecule has 0 aliphatic carbocycles. The number of benzene rings is 1. The number of rotatable bonds is 1. The Morgan fingerprint density at radius 2 is 2.27 bits per heavy atom. The number of aliphatic hydroxyl groups is 1. The first-order valence-corrected chi connectivity index (χ1v) is 5.17. The van der Waals surface area contributed by atoms with E-state index in [0.717, 1.165) is 5.56 Å². The second-order valence-corrected chi connectivity index (χ2v) is 4.21. The summed E-state index contributed by atoms with van der Waals surface area (Å²) in [6.45, 7) is 0. The summed E-state index contributed by atoms with van der Waals surface area (Å²) in [6.07, 6.45) is -0.436.